The van der Waals surface area contributed by atoms with Crippen molar-refractivity contribution in [2.45, 2.75) is 39.1 Å². The Hall–Kier alpha value is -1.72. The topological polar surface area (TPSA) is 38.3 Å². The second kappa shape index (κ2) is 5.50. The number of ether oxygens (including phenoxy) is 1. The van der Waals surface area contributed by atoms with E-state index in [1.807, 2.05) is 20.8 Å². The Balaban J connectivity index is 2.85. The highest BCUT2D eigenvalue weighted by atomic mass is 19.4. The van der Waals surface area contributed by atoms with Gasteiger partial charge in [0, 0.05) is 11.1 Å². The third-order valence-corrected chi connectivity index (χ3v) is 2.67. The average molecular weight is 275 g/mol. The Morgan fingerprint density at radius 1 is 1.32 bits per heavy atom. The van der Waals surface area contributed by atoms with Crippen LogP contribution in [0.5, 0.6) is 5.75 Å². The zero-order valence-electron chi connectivity index (χ0n) is 11.0. The minimum absolute atomic E-state index is 0.128. The molecule has 0 fully saturated rings. The summed E-state index contributed by atoms with van der Waals surface area (Å²) in [5, 5.41) is 2.74. The summed E-state index contributed by atoms with van der Waals surface area (Å²) in [5.74, 6) is -0.839. The molecule has 0 aromatic heterocycles. The van der Waals surface area contributed by atoms with Crippen LogP contribution in [-0.4, -0.2) is 17.8 Å². The van der Waals surface area contributed by atoms with Crippen LogP contribution in [0.1, 0.15) is 37.6 Å². The highest BCUT2D eigenvalue weighted by molar-refractivity contribution is 5.95. The predicted octanol–water partition coefficient (Wildman–Crippen LogP) is 3.50. The lowest BCUT2D eigenvalue weighted by Crippen LogP contribution is -2.42. The predicted molar refractivity (Wildman–Crippen MR) is 65.0 cm³/mol. The fourth-order valence-electron chi connectivity index (χ4n) is 1.30. The third kappa shape index (κ3) is 5.19. The molecule has 0 atom stereocenters. The third-order valence-electron chi connectivity index (χ3n) is 2.67. The molecule has 1 N–H and O–H groups in total. The molecule has 0 unspecified atom stereocenters. The number of hydrogen-bond donors (Lipinski definition) is 1. The maximum Gasteiger partial charge on any atom is 0.573 e. The lowest BCUT2D eigenvalue weighted by atomic mass is 10.0. The molecule has 0 heterocycles. The molecule has 6 heteroatoms. The number of halogens is 3. The summed E-state index contributed by atoms with van der Waals surface area (Å²) < 4.78 is 40.0. The van der Waals surface area contributed by atoms with Crippen LogP contribution in [0, 0.1) is 0 Å². The first kappa shape index (κ1) is 15.3. The van der Waals surface area contributed by atoms with Crippen molar-refractivity contribution < 1.29 is 22.7 Å². The summed E-state index contributed by atoms with van der Waals surface area (Å²) in [6.45, 7) is 5.57. The van der Waals surface area contributed by atoms with Crippen molar-refractivity contribution in [2.75, 3.05) is 0 Å². The molecule has 0 radical (unpaired) electrons. The zero-order chi connectivity index (χ0) is 14.7. The first-order valence-corrected chi connectivity index (χ1v) is 5.81. The van der Waals surface area contributed by atoms with E-state index in [2.05, 4.69) is 10.1 Å². The first-order valence-electron chi connectivity index (χ1n) is 5.81. The maximum absolute atomic E-state index is 12.1. The SMILES string of the molecule is CCC(C)(C)NC(=O)c1cccc(OC(F)(F)F)c1. The Labute approximate surface area is 109 Å². The first-order chi connectivity index (χ1) is 8.63. The summed E-state index contributed by atoms with van der Waals surface area (Å²) in [7, 11) is 0. The van der Waals surface area contributed by atoms with Gasteiger partial charge in [-0.25, -0.2) is 0 Å². The molecule has 106 valence electrons. The lowest BCUT2D eigenvalue weighted by molar-refractivity contribution is -0.274. The monoisotopic (exact) mass is 275 g/mol. The number of carbonyl (C=O) groups excluding carboxylic acids is 1. The molecule has 1 aromatic carbocycles. The Kier molecular flexibility index (Phi) is 4.44. The molecule has 1 rings (SSSR count). The molecular weight excluding hydrogens is 259 g/mol. The minimum atomic E-state index is -4.77. The standard InChI is InChI=1S/C13H16F3NO2/c1-4-12(2,3)17-11(18)9-6-5-7-10(8-9)19-13(14,15)16/h5-8H,4H2,1-3H3,(H,17,18). The van der Waals surface area contributed by atoms with Crippen LogP contribution in [0.4, 0.5) is 13.2 Å². The number of rotatable bonds is 4. The number of amides is 1. The fraction of sp³-hybridized carbons (Fsp3) is 0.462. The van der Waals surface area contributed by atoms with Crippen molar-refractivity contribution >= 4 is 5.91 Å². The van der Waals surface area contributed by atoms with Crippen molar-refractivity contribution in [1.82, 2.24) is 5.32 Å². The van der Waals surface area contributed by atoms with Crippen molar-refractivity contribution in [1.29, 1.82) is 0 Å². The van der Waals surface area contributed by atoms with E-state index in [-0.39, 0.29) is 5.56 Å². The van der Waals surface area contributed by atoms with Crippen LogP contribution in [0.2, 0.25) is 0 Å². The van der Waals surface area contributed by atoms with Gasteiger partial charge in [-0.2, -0.15) is 0 Å². The number of benzene rings is 1. The minimum Gasteiger partial charge on any atom is -0.406 e. The molecule has 1 aromatic rings. The lowest BCUT2D eigenvalue weighted by Gasteiger charge is -2.24. The van der Waals surface area contributed by atoms with Gasteiger partial charge in [0.1, 0.15) is 5.75 Å². The molecule has 0 saturated heterocycles. The molecule has 3 nitrogen and oxygen atoms in total. The fourth-order valence-corrected chi connectivity index (χ4v) is 1.30. The largest absolute Gasteiger partial charge is 0.573 e. The summed E-state index contributed by atoms with van der Waals surface area (Å²) >= 11 is 0. The summed E-state index contributed by atoms with van der Waals surface area (Å²) in [6, 6.07) is 4.99. The van der Waals surface area contributed by atoms with Crippen LogP contribution in [0.25, 0.3) is 0 Å². The molecule has 0 saturated carbocycles. The maximum atomic E-state index is 12.1. The van der Waals surface area contributed by atoms with E-state index in [4.69, 9.17) is 0 Å². The second-order valence-corrected chi connectivity index (χ2v) is 4.77. The highest BCUT2D eigenvalue weighted by Gasteiger charge is 2.31. The number of carbonyl (C=O) groups is 1. The van der Waals surface area contributed by atoms with Gasteiger partial charge in [-0.1, -0.05) is 13.0 Å². The van der Waals surface area contributed by atoms with Gasteiger partial charge in [0.15, 0.2) is 0 Å². The van der Waals surface area contributed by atoms with E-state index in [0.29, 0.717) is 6.42 Å². The van der Waals surface area contributed by atoms with Crippen molar-refractivity contribution in [2.24, 2.45) is 0 Å². The molecule has 0 aliphatic heterocycles. The van der Waals surface area contributed by atoms with E-state index >= 15 is 0 Å². The van der Waals surface area contributed by atoms with E-state index in [9.17, 15) is 18.0 Å². The highest BCUT2D eigenvalue weighted by Crippen LogP contribution is 2.23. The Bertz CT molecular complexity index is 455. The van der Waals surface area contributed by atoms with Crippen molar-refractivity contribution in [3.05, 3.63) is 29.8 Å². The van der Waals surface area contributed by atoms with Crippen molar-refractivity contribution in [3.8, 4) is 5.75 Å². The van der Waals surface area contributed by atoms with Crippen LogP contribution in [-0.2, 0) is 0 Å². The van der Waals surface area contributed by atoms with Crippen LogP contribution < -0.4 is 10.1 Å². The van der Waals surface area contributed by atoms with Gasteiger partial charge in [0.25, 0.3) is 5.91 Å². The van der Waals surface area contributed by atoms with Gasteiger partial charge in [-0.3, -0.25) is 4.79 Å². The van der Waals surface area contributed by atoms with E-state index < -0.39 is 23.6 Å². The molecular formula is C13H16F3NO2. The Morgan fingerprint density at radius 3 is 2.47 bits per heavy atom. The molecule has 1 amide bonds. The van der Waals surface area contributed by atoms with Gasteiger partial charge in [0.05, 0.1) is 0 Å². The quantitative estimate of drug-likeness (QED) is 0.913. The normalized spacial score (nSPS) is 12.1. The number of alkyl halides is 3. The van der Waals surface area contributed by atoms with Gasteiger partial charge in [-0.05, 0) is 38.5 Å². The van der Waals surface area contributed by atoms with Gasteiger partial charge in [-0.15, -0.1) is 13.2 Å². The number of hydrogen-bond acceptors (Lipinski definition) is 2. The van der Waals surface area contributed by atoms with Gasteiger partial charge in [0.2, 0.25) is 0 Å². The smallest absolute Gasteiger partial charge is 0.406 e. The van der Waals surface area contributed by atoms with E-state index in [1.54, 1.807) is 0 Å². The summed E-state index contributed by atoms with van der Waals surface area (Å²) in [4.78, 5) is 11.9. The van der Waals surface area contributed by atoms with Crippen LogP contribution >= 0.6 is 0 Å². The molecule has 0 aliphatic rings. The summed E-state index contributed by atoms with van der Waals surface area (Å²) in [6.07, 6.45) is -4.06. The average Bonchev–Trinajstić information content (AvgIpc) is 2.26. The molecule has 0 spiro atoms. The van der Waals surface area contributed by atoms with Gasteiger partial charge >= 0.3 is 6.36 Å². The van der Waals surface area contributed by atoms with E-state index in [1.165, 1.54) is 12.1 Å². The zero-order valence-corrected chi connectivity index (χ0v) is 11.0. The summed E-state index contributed by atoms with van der Waals surface area (Å²) in [5.41, 5.74) is -0.291. The van der Waals surface area contributed by atoms with Crippen LogP contribution in [0.3, 0.4) is 0 Å². The molecule has 0 aliphatic carbocycles. The second-order valence-electron chi connectivity index (χ2n) is 4.77. The molecule has 19 heavy (non-hydrogen) atoms. The molecule has 0 bridgehead atoms. The Morgan fingerprint density at radius 2 is 1.95 bits per heavy atom. The van der Waals surface area contributed by atoms with Gasteiger partial charge < -0.3 is 10.1 Å². The van der Waals surface area contributed by atoms with Crippen molar-refractivity contribution in [3.63, 3.8) is 0 Å². The van der Waals surface area contributed by atoms with E-state index in [0.717, 1.165) is 12.1 Å². The van der Waals surface area contributed by atoms with Crippen LogP contribution in [0.15, 0.2) is 24.3 Å². The number of nitrogens with one attached hydrogen (secondary N) is 1.